The molecular formula is C15H17N3O2. The lowest BCUT2D eigenvalue weighted by atomic mass is 10.1. The zero-order valence-corrected chi connectivity index (χ0v) is 11.3. The average Bonchev–Trinajstić information content (AvgIpc) is 2.47. The van der Waals surface area contributed by atoms with Crippen LogP contribution >= 0.6 is 0 Å². The standard InChI is InChI=1S/C15H17N3O2/c1-20-13-6-2-5-12(16)14(13)15(19)18-9-7-11-4-3-8-17-10-11/h2-6,8,10H,7,9,16H2,1H3,(H,18,19). The van der Waals surface area contributed by atoms with E-state index in [1.165, 1.54) is 7.11 Å². The van der Waals surface area contributed by atoms with Crippen molar-refractivity contribution in [3.63, 3.8) is 0 Å². The van der Waals surface area contributed by atoms with Gasteiger partial charge in [0.2, 0.25) is 0 Å². The summed E-state index contributed by atoms with van der Waals surface area (Å²) < 4.78 is 5.16. The summed E-state index contributed by atoms with van der Waals surface area (Å²) in [5, 5.41) is 2.84. The van der Waals surface area contributed by atoms with E-state index < -0.39 is 0 Å². The Morgan fingerprint density at radius 1 is 1.35 bits per heavy atom. The first-order valence-electron chi connectivity index (χ1n) is 6.32. The van der Waals surface area contributed by atoms with Gasteiger partial charge in [-0.25, -0.2) is 0 Å². The second-order valence-electron chi connectivity index (χ2n) is 4.29. The van der Waals surface area contributed by atoms with Crippen molar-refractivity contribution in [3.05, 3.63) is 53.9 Å². The molecule has 2 aromatic rings. The third-order valence-corrected chi connectivity index (χ3v) is 2.93. The van der Waals surface area contributed by atoms with E-state index in [2.05, 4.69) is 10.3 Å². The van der Waals surface area contributed by atoms with Gasteiger partial charge in [0.25, 0.3) is 5.91 Å². The highest BCUT2D eigenvalue weighted by atomic mass is 16.5. The van der Waals surface area contributed by atoms with Crippen LogP contribution in [0.1, 0.15) is 15.9 Å². The molecule has 1 heterocycles. The number of carbonyl (C=O) groups excluding carboxylic acids is 1. The number of aromatic nitrogens is 1. The van der Waals surface area contributed by atoms with Gasteiger partial charge in [-0.1, -0.05) is 12.1 Å². The minimum Gasteiger partial charge on any atom is -0.496 e. The quantitative estimate of drug-likeness (QED) is 0.810. The predicted molar refractivity (Wildman–Crippen MR) is 77.7 cm³/mol. The van der Waals surface area contributed by atoms with Crippen molar-refractivity contribution in [2.75, 3.05) is 19.4 Å². The number of rotatable bonds is 5. The van der Waals surface area contributed by atoms with E-state index in [0.717, 1.165) is 5.56 Å². The van der Waals surface area contributed by atoms with Crippen LogP contribution in [0.5, 0.6) is 5.75 Å². The maximum absolute atomic E-state index is 12.1. The summed E-state index contributed by atoms with van der Waals surface area (Å²) in [6.45, 7) is 0.516. The molecule has 0 unspecified atom stereocenters. The first-order valence-corrected chi connectivity index (χ1v) is 6.32. The molecule has 1 aromatic heterocycles. The smallest absolute Gasteiger partial charge is 0.257 e. The third kappa shape index (κ3) is 3.26. The van der Waals surface area contributed by atoms with Gasteiger partial charge in [0.1, 0.15) is 11.3 Å². The van der Waals surface area contributed by atoms with E-state index in [-0.39, 0.29) is 5.91 Å². The molecule has 0 radical (unpaired) electrons. The number of pyridine rings is 1. The monoisotopic (exact) mass is 271 g/mol. The fourth-order valence-electron chi connectivity index (χ4n) is 1.92. The summed E-state index contributed by atoms with van der Waals surface area (Å²) in [5.41, 5.74) is 7.68. The third-order valence-electron chi connectivity index (χ3n) is 2.93. The molecule has 5 heteroatoms. The topological polar surface area (TPSA) is 77.2 Å². The number of hydrogen-bond donors (Lipinski definition) is 2. The van der Waals surface area contributed by atoms with Crippen LogP contribution in [0.4, 0.5) is 5.69 Å². The maximum atomic E-state index is 12.1. The molecule has 0 aliphatic rings. The van der Waals surface area contributed by atoms with Crippen molar-refractivity contribution in [2.24, 2.45) is 0 Å². The Balaban J connectivity index is 1.99. The Morgan fingerprint density at radius 3 is 2.90 bits per heavy atom. The predicted octanol–water partition coefficient (Wildman–Crippen LogP) is 1.64. The van der Waals surface area contributed by atoms with Crippen molar-refractivity contribution in [1.29, 1.82) is 0 Å². The molecule has 2 rings (SSSR count). The van der Waals surface area contributed by atoms with Crippen LogP contribution in [-0.2, 0) is 6.42 Å². The largest absolute Gasteiger partial charge is 0.496 e. The van der Waals surface area contributed by atoms with Gasteiger partial charge in [0.05, 0.1) is 7.11 Å². The number of methoxy groups -OCH3 is 1. The minimum atomic E-state index is -0.233. The first-order chi connectivity index (χ1) is 9.72. The molecule has 0 atom stereocenters. The molecule has 3 N–H and O–H groups in total. The molecular weight excluding hydrogens is 254 g/mol. The number of anilines is 1. The molecule has 20 heavy (non-hydrogen) atoms. The zero-order valence-electron chi connectivity index (χ0n) is 11.3. The summed E-state index contributed by atoms with van der Waals surface area (Å²) in [4.78, 5) is 16.2. The number of amides is 1. The molecule has 5 nitrogen and oxygen atoms in total. The van der Waals surface area contributed by atoms with Gasteiger partial charge < -0.3 is 15.8 Å². The molecule has 0 saturated carbocycles. The molecule has 1 amide bonds. The Morgan fingerprint density at radius 2 is 2.20 bits per heavy atom. The SMILES string of the molecule is COc1cccc(N)c1C(=O)NCCc1cccnc1. The Bertz CT molecular complexity index is 585. The number of carbonyl (C=O) groups is 1. The van der Waals surface area contributed by atoms with Crippen LogP contribution in [0.3, 0.4) is 0 Å². The Hall–Kier alpha value is -2.56. The number of nitrogens with one attached hydrogen (secondary N) is 1. The fraction of sp³-hybridized carbons (Fsp3) is 0.200. The summed E-state index contributed by atoms with van der Waals surface area (Å²) in [7, 11) is 1.52. The van der Waals surface area contributed by atoms with E-state index in [4.69, 9.17) is 10.5 Å². The lowest BCUT2D eigenvalue weighted by Crippen LogP contribution is -2.27. The zero-order chi connectivity index (χ0) is 14.4. The normalized spacial score (nSPS) is 10.1. The molecule has 0 bridgehead atoms. The van der Waals surface area contributed by atoms with E-state index in [1.54, 1.807) is 30.6 Å². The summed E-state index contributed by atoms with van der Waals surface area (Å²) in [5.74, 6) is 0.243. The molecule has 0 aliphatic carbocycles. The van der Waals surface area contributed by atoms with Crippen LogP contribution in [0, 0.1) is 0 Å². The van der Waals surface area contributed by atoms with Gasteiger partial charge >= 0.3 is 0 Å². The summed E-state index contributed by atoms with van der Waals surface area (Å²) >= 11 is 0. The maximum Gasteiger partial charge on any atom is 0.257 e. The van der Waals surface area contributed by atoms with Crippen LogP contribution in [-0.4, -0.2) is 24.5 Å². The van der Waals surface area contributed by atoms with Crippen molar-refractivity contribution in [1.82, 2.24) is 10.3 Å². The lowest BCUT2D eigenvalue weighted by Gasteiger charge is -2.11. The molecule has 104 valence electrons. The lowest BCUT2D eigenvalue weighted by molar-refractivity contribution is 0.0952. The van der Waals surface area contributed by atoms with Crippen molar-refractivity contribution >= 4 is 11.6 Å². The van der Waals surface area contributed by atoms with Crippen molar-refractivity contribution in [3.8, 4) is 5.75 Å². The summed E-state index contributed by atoms with van der Waals surface area (Å²) in [6.07, 6.45) is 4.22. The molecule has 0 aliphatic heterocycles. The van der Waals surface area contributed by atoms with E-state index in [1.807, 2.05) is 12.1 Å². The molecule has 0 fully saturated rings. The van der Waals surface area contributed by atoms with E-state index in [0.29, 0.717) is 30.0 Å². The van der Waals surface area contributed by atoms with Crippen LogP contribution in [0.25, 0.3) is 0 Å². The number of ether oxygens (including phenoxy) is 1. The van der Waals surface area contributed by atoms with Crippen LogP contribution < -0.4 is 15.8 Å². The Labute approximate surface area is 117 Å². The highest BCUT2D eigenvalue weighted by Gasteiger charge is 2.14. The highest BCUT2D eigenvalue weighted by Crippen LogP contribution is 2.23. The number of hydrogen-bond acceptors (Lipinski definition) is 4. The van der Waals surface area contributed by atoms with Gasteiger partial charge in [-0.2, -0.15) is 0 Å². The fourth-order valence-corrected chi connectivity index (χ4v) is 1.92. The number of benzene rings is 1. The number of nitrogen functional groups attached to an aromatic ring is 1. The van der Waals surface area contributed by atoms with Crippen molar-refractivity contribution in [2.45, 2.75) is 6.42 Å². The minimum absolute atomic E-state index is 0.233. The highest BCUT2D eigenvalue weighted by molar-refractivity contribution is 6.01. The van der Waals surface area contributed by atoms with Crippen molar-refractivity contribution < 1.29 is 9.53 Å². The molecule has 1 aromatic carbocycles. The van der Waals surface area contributed by atoms with Gasteiger partial charge in [0.15, 0.2) is 0 Å². The Kier molecular flexibility index (Phi) is 4.55. The van der Waals surface area contributed by atoms with Gasteiger partial charge in [-0.05, 0) is 30.2 Å². The molecule has 0 spiro atoms. The number of nitrogens with zero attached hydrogens (tertiary/aromatic N) is 1. The van der Waals surface area contributed by atoms with Gasteiger partial charge in [-0.3, -0.25) is 9.78 Å². The van der Waals surface area contributed by atoms with Gasteiger partial charge in [-0.15, -0.1) is 0 Å². The summed E-state index contributed by atoms with van der Waals surface area (Å²) in [6, 6.07) is 8.98. The second-order valence-corrected chi connectivity index (χ2v) is 4.29. The first kappa shape index (κ1) is 13.9. The van der Waals surface area contributed by atoms with Crippen LogP contribution in [0.2, 0.25) is 0 Å². The second kappa shape index (κ2) is 6.56. The van der Waals surface area contributed by atoms with Crippen LogP contribution in [0.15, 0.2) is 42.7 Å². The van der Waals surface area contributed by atoms with E-state index in [9.17, 15) is 4.79 Å². The average molecular weight is 271 g/mol. The molecule has 0 saturated heterocycles. The van der Waals surface area contributed by atoms with Gasteiger partial charge in [0, 0.05) is 24.6 Å². The van der Waals surface area contributed by atoms with E-state index >= 15 is 0 Å². The number of nitrogens with two attached hydrogens (primary N) is 1.